The second kappa shape index (κ2) is 6.98. The number of benzene rings is 2. The highest BCUT2D eigenvalue weighted by Gasteiger charge is 2.42. The molecule has 6 nitrogen and oxygen atoms in total. The van der Waals surface area contributed by atoms with Crippen molar-refractivity contribution in [3.05, 3.63) is 68.0 Å². The van der Waals surface area contributed by atoms with E-state index in [1.807, 2.05) is 6.92 Å². The minimum absolute atomic E-state index is 0.0385. The van der Waals surface area contributed by atoms with Gasteiger partial charge < -0.3 is 19.2 Å². The van der Waals surface area contributed by atoms with Gasteiger partial charge in [-0.25, -0.2) is 0 Å². The summed E-state index contributed by atoms with van der Waals surface area (Å²) in [7, 11) is 1.45. The number of aromatic hydroxyl groups is 1. The lowest BCUT2D eigenvalue weighted by Crippen LogP contribution is -2.30. The minimum Gasteiger partial charge on any atom is -0.503 e. The van der Waals surface area contributed by atoms with Crippen LogP contribution in [0, 0.1) is 0 Å². The van der Waals surface area contributed by atoms with Crippen LogP contribution in [0.3, 0.4) is 0 Å². The number of hydrogen-bond acceptors (Lipinski definition) is 5. The van der Waals surface area contributed by atoms with E-state index in [0.29, 0.717) is 33.1 Å². The Hall–Kier alpha value is -2.80. The molecule has 0 fully saturated rings. The van der Waals surface area contributed by atoms with Crippen LogP contribution < -0.4 is 10.2 Å². The molecule has 0 saturated heterocycles. The van der Waals surface area contributed by atoms with Gasteiger partial charge in [-0.1, -0.05) is 19.1 Å². The summed E-state index contributed by atoms with van der Waals surface area (Å²) < 4.78 is 11.5. The molecule has 28 heavy (non-hydrogen) atoms. The predicted octanol–water partition coefficient (Wildman–Crippen LogP) is 4.22. The third kappa shape index (κ3) is 2.69. The Morgan fingerprint density at radius 2 is 2.00 bits per heavy atom. The molecule has 0 bridgehead atoms. The average Bonchev–Trinajstić information content (AvgIpc) is 2.97. The van der Waals surface area contributed by atoms with Crippen molar-refractivity contribution in [2.75, 3.05) is 13.7 Å². The number of phenols is 1. The molecule has 0 spiro atoms. The highest BCUT2D eigenvalue weighted by Crippen LogP contribution is 2.43. The normalized spacial score (nSPS) is 15.9. The smallest absolute Gasteiger partial charge is 0.290 e. The molecule has 1 aliphatic heterocycles. The molecule has 1 aromatic heterocycles. The van der Waals surface area contributed by atoms with Gasteiger partial charge in [-0.2, -0.15) is 0 Å². The number of carbonyl (C=O) groups excluding carboxylic acids is 1. The molecular weight excluding hydrogens is 426 g/mol. The average molecular weight is 444 g/mol. The summed E-state index contributed by atoms with van der Waals surface area (Å²) in [4.78, 5) is 28.0. The number of methoxy groups -OCH3 is 1. The lowest BCUT2D eigenvalue weighted by molar-refractivity contribution is 0.0728. The summed E-state index contributed by atoms with van der Waals surface area (Å²) in [6.07, 6.45) is 0.723. The first-order valence-electron chi connectivity index (χ1n) is 8.91. The first-order valence-corrected chi connectivity index (χ1v) is 9.70. The van der Waals surface area contributed by atoms with Crippen LogP contribution in [0.2, 0.25) is 0 Å². The van der Waals surface area contributed by atoms with Crippen molar-refractivity contribution in [1.82, 2.24) is 4.90 Å². The van der Waals surface area contributed by atoms with Crippen LogP contribution in [-0.2, 0) is 0 Å². The molecule has 7 heteroatoms. The first-order chi connectivity index (χ1) is 13.5. The van der Waals surface area contributed by atoms with E-state index in [9.17, 15) is 14.7 Å². The molecule has 2 heterocycles. The molecule has 1 aliphatic rings. The molecule has 3 aromatic rings. The summed E-state index contributed by atoms with van der Waals surface area (Å²) in [6, 6.07) is 9.63. The Bertz CT molecular complexity index is 1150. The molecule has 0 saturated carbocycles. The Balaban J connectivity index is 2.02. The molecule has 2 aromatic carbocycles. The molecule has 1 N–H and O–H groups in total. The first kappa shape index (κ1) is 18.6. The number of carbonyl (C=O) groups is 1. The van der Waals surface area contributed by atoms with Crippen LogP contribution in [0.25, 0.3) is 11.0 Å². The molecule has 144 valence electrons. The second-order valence-corrected chi connectivity index (χ2v) is 7.48. The van der Waals surface area contributed by atoms with Crippen LogP contribution >= 0.6 is 15.9 Å². The Morgan fingerprint density at radius 1 is 1.25 bits per heavy atom. The number of rotatable bonds is 4. The molecule has 4 rings (SSSR count). The lowest BCUT2D eigenvalue weighted by atomic mass is 9.98. The van der Waals surface area contributed by atoms with E-state index in [-0.39, 0.29) is 28.6 Å². The van der Waals surface area contributed by atoms with Gasteiger partial charge in [0, 0.05) is 6.54 Å². The molecule has 0 radical (unpaired) electrons. The van der Waals surface area contributed by atoms with Gasteiger partial charge >= 0.3 is 0 Å². The number of halogens is 1. The van der Waals surface area contributed by atoms with E-state index >= 15 is 0 Å². The SMILES string of the molecule is CCCN1C(=O)c2oc3ccccc3c(=O)c2C1c1cc(Br)c(O)c(OC)c1. The van der Waals surface area contributed by atoms with Gasteiger partial charge in [-0.05, 0) is 52.2 Å². The largest absolute Gasteiger partial charge is 0.503 e. The molecular formula is C21H18BrNO5. The third-order valence-electron chi connectivity index (χ3n) is 4.92. The van der Waals surface area contributed by atoms with Crippen LogP contribution in [0.1, 0.15) is 41.1 Å². The van der Waals surface area contributed by atoms with E-state index in [4.69, 9.17) is 9.15 Å². The van der Waals surface area contributed by atoms with E-state index in [2.05, 4.69) is 15.9 Å². The van der Waals surface area contributed by atoms with Gasteiger partial charge in [0.25, 0.3) is 5.91 Å². The predicted molar refractivity (Wildman–Crippen MR) is 108 cm³/mol. The third-order valence-corrected chi connectivity index (χ3v) is 5.53. The number of hydrogen-bond donors (Lipinski definition) is 1. The van der Waals surface area contributed by atoms with Crippen LogP contribution in [-0.4, -0.2) is 29.6 Å². The molecule has 0 aliphatic carbocycles. The van der Waals surface area contributed by atoms with Crippen LogP contribution in [0.4, 0.5) is 0 Å². The van der Waals surface area contributed by atoms with Crippen molar-refractivity contribution in [2.24, 2.45) is 0 Å². The number of phenolic OH excluding ortho intramolecular Hbond substituents is 1. The minimum atomic E-state index is -0.617. The van der Waals surface area contributed by atoms with Crippen molar-refractivity contribution in [3.63, 3.8) is 0 Å². The Kier molecular flexibility index (Phi) is 4.63. The number of fused-ring (bicyclic) bond motifs is 2. The molecule has 1 atom stereocenters. The molecule has 1 amide bonds. The second-order valence-electron chi connectivity index (χ2n) is 6.62. The van der Waals surface area contributed by atoms with Gasteiger partial charge in [0.15, 0.2) is 16.9 Å². The summed E-state index contributed by atoms with van der Waals surface area (Å²) in [5.41, 5.74) is 1.14. The van der Waals surface area contributed by atoms with Gasteiger partial charge in [-0.3, -0.25) is 9.59 Å². The maximum atomic E-state index is 13.3. The van der Waals surface area contributed by atoms with Gasteiger partial charge in [0.1, 0.15) is 5.58 Å². The number of amides is 1. The van der Waals surface area contributed by atoms with Crippen molar-refractivity contribution < 1.29 is 19.1 Å². The lowest BCUT2D eigenvalue weighted by Gasteiger charge is -2.25. The summed E-state index contributed by atoms with van der Waals surface area (Å²) >= 11 is 3.32. The summed E-state index contributed by atoms with van der Waals surface area (Å²) in [5.74, 6) is -0.0199. The van der Waals surface area contributed by atoms with Crippen molar-refractivity contribution >= 4 is 32.8 Å². The standard InChI is InChI=1S/C21H18BrNO5/c1-3-8-23-17(11-9-13(22)19(25)15(10-11)27-2)16-18(24)12-6-4-5-7-14(12)28-20(16)21(23)26/h4-7,9-10,17,25H,3,8H2,1-2H3. The van der Waals surface area contributed by atoms with E-state index < -0.39 is 6.04 Å². The van der Waals surface area contributed by atoms with E-state index in [1.165, 1.54) is 7.11 Å². The summed E-state index contributed by atoms with van der Waals surface area (Å²) in [5, 5.41) is 10.6. The zero-order chi connectivity index (χ0) is 20.0. The van der Waals surface area contributed by atoms with E-state index in [0.717, 1.165) is 6.42 Å². The Labute approximate surface area is 169 Å². The summed E-state index contributed by atoms with van der Waals surface area (Å²) in [6.45, 7) is 2.43. The highest BCUT2D eigenvalue weighted by molar-refractivity contribution is 9.10. The van der Waals surface area contributed by atoms with Crippen molar-refractivity contribution in [1.29, 1.82) is 0 Å². The van der Waals surface area contributed by atoms with Crippen molar-refractivity contribution in [2.45, 2.75) is 19.4 Å². The number of ether oxygens (including phenoxy) is 1. The maximum Gasteiger partial charge on any atom is 0.290 e. The van der Waals surface area contributed by atoms with Crippen molar-refractivity contribution in [3.8, 4) is 11.5 Å². The van der Waals surface area contributed by atoms with Gasteiger partial charge in [0.05, 0.1) is 28.6 Å². The fourth-order valence-corrected chi connectivity index (χ4v) is 4.15. The van der Waals surface area contributed by atoms with Gasteiger partial charge in [-0.15, -0.1) is 0 Å². The topological polar surface area (TPSA) is 80.0 Å². The highest BCUT2D eigenvalue weighted by atomic mass is 79.9. The van der Waals surface area contributed by atoms with Crippen LogP contribution in [0.5, 0.6) is 11.5 Å². The number of para-hydroxylation sites is 1. The fourth-order valence-electron chi connectivity index (χ4n) is 3.69. The zero-order valence-corrected chi connectivity index (χ0v) is 16.9. The zero-order valence-electron chi connectivity index (χ0n) is 15.4. The fraction of sp³-hybridized carbons (Fsp3) is 0.238. The van der Waals surface area contributed by atoms with Crippen LogP contribution in [0.15, 0.2) is 50.1 Å². The Morgan fingerprint density at radius 3 is 2.71 bits per heavy atom. The maximum absolute atomic E-state index is 13.3. The monoisotopic (exact) mass is 443 g/mol. The quantitative estimate of drug-likeness (QED) is 0.652. The van der Waals surface area contributed by atoms with Gasteiger partial charge in [0.2, 0.25) is 5.76 Å². The number of nitrogens with zero attached hydrogens (tertiary/aromatic N) is 1. The van der Waals surface area contributed by atoms with E-state index in [1.54, 1.807) is 41.3 Å². The molecule has 1 unspecified atom stereocenters.